The number of rotatable bonds is 3. The molecule has 2 aromatic heterocycles. The molecule has 0 aliphatic carbocycles. The van der Waals surface area contributed by atoms with E-state index in [9.17, 15) is 4.57 Å². The topological polar surface area (TPSA) is 136 Å². The average molecular weight is 325 g/mol. The second-order valence-electron chi connectivity index (χ2n) is 5.61. The molecule has 0 aromatic carbocycles. The second-order valence-corrected chi connectivity index (χ2v) is 7.09. The van der Waals surface area contributed by atoms with Gasteiger partial charge < -0.3 is 20.3 Å². The Morgan fingerprint density at radius 3 is 3.00 bits per heavy atom. The monoisotopic (exact) mass is 325 g/mol. The van der Waals surface area contributed by atoms with Crippen molar-refractivity contribution in [1.82, 2.24) is 19.5 Å². The number of imidazole rings is 1. The van der Waals surface area contributed by atoms with Gasteiger partial charge in [0.2, 0.25) is 0 Å². The first-order chi connectivity index (χ1) is 10.3. The van der Waals surface area contributed by atoms with Crippen LogP contribution in [0.2, 0.25) is 0 Å². The first kappa shape index (κ1) is 15.1. The summed E-state index contributed by atoms with van der Waals surface area (Å²) in [7, 11) is -4.18. The van der Waals surface area contributed by atoms with E-state index in [4.69, 9.17) is 20.3 Å². The van der Waals surface area contributed by atoms with Gasteiger partial charge in [0.25, 0.3) is 0 Å². The smallest absolute Gasteiger partial charge is 0.348 e. The quantitative estimate of drug-likeness (QED) is 0.712. The molecule has 0 saturated carbocycles. The van der Waals surface area contributed by atoms with Gasteiger partial charge in [-0.15, -0.1) is 0 Å². The number of nitrogens with two attached hydrogens (primary N) is 1. The van der Waals surface area contributed by atoms with Crippen LogP contribution < -0.4 is 5.73 Å². The molecule has 1 saturated heterocycles. The number of aromatic nitrogens is 4. The number of nitrogens with zero attached hydrogens (tertiary/aromatic N) is 4. The molecule has 0 radical (unpaired) electrons. The molecule has 22 heavy (non-hydrogen) atoms. The van der Waals surface area contributed by atoms with Crippen molar-refractivity contribution in [3.63, 3.8) is 0 Å². The van der Waals surface area contributed by atoms with E-state index in [0.29, 0.717) is 30.0 Å². The Morgan fingerprint density at radius 1 is 1.50 bits per heavy atom. The molecule has 0 amide bonds. The molecule has 3 rings (SSSR count). The summed E-state index contributed by atoms with van der Waals surface area (Å²) >= 11 is 0. The summed E-state index contributed by atoms with van der Waals surface area (Å²) in [5, 5.41) is 0. The Bertz CT molecular complexity index is 785. The fourth-order valence-corrected chi connectivity index (χ4v) is 3.01. The lowest BCUT2D eigenvalue weighted by atomic mass is 9.89. The normalized spacial score (nSPS) is 26.2. The first-order valence-corrected chi connectivity index (χ1v) is 8.26. The van der Waals surface area contributed by atoms with E-state index in [1.54, 1.807) is 10.9 Å². The molecule has 2 atom stereocenters. The molecule has 4 N–H and O–H groups in total. The Kier molecular flexibility index (Phi) is 3.53. The van der Waals surface area contributed by atoms with Crippen molar-refractivity contribution in [3.8, 4) is 0 Å². The van der Waals surface area contributed by atoms with Crippen molar-refractivity contribution >= 4 is 24.6 Å². The summed E-state index contributed by atoms with van der Waals surface area (Å²) < 4.78 is 18.5. The number of fused-ring (bicyclic) bond motifs is 1. The number of hydrogen-bond donors (Lipinski definition) is 3. The zero-order chi connectivity index (χ0) is 16.0. The molecule has 9 nitrogen and oxygen atoms in total. The molecular weight excluding hydrogens is 309 g/mol. The summed E-state index contributed by atoms with van der Waals surface area (Å²) in [6, 6.07) is 0. The molecular formula is C12H16N5O4P. The maximum Gasteiger partial charge on any atom is 0.348 e. The van der Waals surface area contributed by atoms with E-state index < -0.39 is 13.0 Å². The van der Waals surface area contributed by atoms with Crippen LogP contribution in [0.1, 0.15) is 19.6 Å². The van der Waals surface area contributed by atoms with E-state index >= 15 is 0 Å². The van der Waals surface area contributed by atoms with Gasteiger partial charge in [0.05, 0.1) is 12.9 Å². The Labute approximate surface area is 126 Å². The summed E-state index contributed by atoms with van der Waals surface area (Å²) in [6.07, 6.45) is 4.66. The van der Waals surface area contributed by atoms with Crippen LogP contribution in [-0.4, -0.2) is 35.9 Å². The van der Waals surface area contributed by atoms with Gasteiger partial charge in [-0.25, -0.2) is 15.0 Å². The molecule has 3 heterocycles. The minimum atomic E-state index is -4.18. The lowest BCUT2D eigenvalue weighted by Gasteiger charge is -2.17. The van der Waals surface area contributed by atoms with Gasteiger partial charge in [0.15, 0.2) is 11.5 Å². The predicted octanol–water partition coefficient (Wildman–Crippen LogP) is 1.03. The lowest BCUT2D eigenvalue weighted by Crippen LogP contribution is -2.13. The van der Waals surface area contributed by atoms with Crippen LogP contribution in [0.25, 0.3) is 11.2 Å². The number of nitrogen functional groups attached to an aromatic ring is 1. The van der Waals surface area contributed by atoms with Crippen molar-refractivity contribution in [2.45, 2.75) is 19.6 Å². The highest BCUT2D eigenvalue weighted by Gasteiger charge is 2.36. The third kappa shape index (κ3) is 2.89. The Hall–Kier alpha value is -1.80. The zero-order valence-corrected chi connectivity index (χ0v) is 12.7. The van der Waals surface area contributed by atoms with Crippen molar-refractivity contribution < 1.29 is 19.1 Å². The van der Waals surface area contributed by atoms with Crippen LogP contribution in [0.15, 0.2) is 24.5 Å². The standard InChI is InChI=1S/C12H16N5O4P/c1-12(2-3-22(18,19)20)4-8(21-5-12)17-7-16-9-10(13)14-6-15-11(9)17/h2-3,6-8H,4-5H2,1H3,(H2,13,14,15)(H2,18,19,20)/b3-2+/t8-,12-/m1/s1. The number of ether oxygens (including phenoxy) is 1. The minimum absolute atomic E-state index is 0.297. The molecule has 0 spiro atoms. The number of anilines is 1. The molecule has 2 aromatic rings. The Morgan fingerprint density at radius 2 is 2.27 bits per heavy atom. The molecule has 118 valence electrons. The molecule has 0 bridgehead atoms. The highest BCUT2D eigenvalue weighted by Crippen LogP contribution is 2.44. The maximum atomic E-state index is 11.0. The van der Waals surface area contributed by atoms with Crippen molar-refractivity contribution in [2.75, 3.05) is 12.3 Å². The van der Waals surface area contributed by atoms with E-state index in [-0.39, 0.29) is 6.23 Å². The molecule has 1 aliphatic heterocycles. The van der Waals surface area contributed by atoms with Gasteiger partial charge in [-0.1, -0.05) is 13.0 Å². The molecule has 1 aliphatic rings. The highest BCUT2D eigenvalue weighted by molar-refractivity contribution is 7.55. The van der Waals surface area contributed by atoms with Crippen LogP contribution in [0.5, 0.6) is 0 Å². The van der Waals surface area contributed by atoms with E-state index in [2.05, 4.69) is 15.0 Å². The lowest BCUT2D eigenvalue weighted by molar-refractivity contribution is 0.0551. The fraction of sp³-hybridized carbons (Fsp3) is 0.417. The molecule has 0 unspecified atom stereocenters. The van der Waals surface area contributed by atoms with E-state index in [1.807, 2.05) is 6.92 Å². The highest BCUT2D eigenvalue weighted by atomic mass is 31.2. The minimum Gasteiger partial charge on any atom is -0.382 e. The van der Waals surface area contributed by atoms with E-state index in [0.717, 1.165) is 5.82 Å². The number of hydrogen-bond acceptors (Lipinski definition) is 6. The van der Waals surface area contributed by atoms with Crippen molar-refractivity contribution in [1.29, 1.82) is 0 Å². The van der Waals surface area contributed by atoms with Gasteiger partial charge >= 0.3 is 7.60 Å². The summed E-state index contributed by atoms with van der Waals surface area (Å²) in [5.41, 5.74) is 6.36. The SMILES string of the molecule is C[C@]1(/C=C/P(=O)(O)O)CO[C@@H](n2cnc3c(N)ncnc32)C1. The summed E-state index contributed by atoms with van der Waals surface area (Å²) in [6.45, 7) is 2.22. The summed E-state index contributed by atoms with van der Waals surface area (Å²) in [4.78, 5) is 30.1. The third-order valence-corrected chi connectivity index (χ3v) is 4.15. The van der Waals surface area contributed by atoms with Crippen LogP contribution in [0.4, 0.5) is 5.82 Å². The zero-order valence-electron chi connectivity index (χ0n) is 11.8. The first-order valence-electron chi connectivity index (χ1n) is 6.58. The molecule has 1 fully saturated rings. The summed E-state index contributed by atoms with van der Waals surface area (Å²) in [5.74, 6) is 1.22. The van der Waals surface area contributed by atoms with Crippen LogP contribution in [-0.2, 0) is 9.30 Å². The van der Waals surface area contributed by atoms with Crippen LogP contribution >= 0.6 is 7.60 Å². The fourth-order valence-electron chi connectivity index (χ4n) is 2.46. The van der Waals surface area contributed by atoms with Crippen LogP contribution in [0, 0.1) is 5.41 Å². The van der Waals surface area contributed by atoms with Crippen molar-refractivity contribution in [2.24, 2.45) is 5.41 Å². The molecule has 10 heteroatoms. The Balaban J connectivity index is 1.87. The van der Waals surface area contributed by atoms with Gasteiger partial charge in [0.1, 0.15) is 18.1 Å². The predicted molar refractivity (Wildman–Crippen MR) is 78.6 cm³/mol. The van der Waals surface area contributed by atoms with Gasteiger partial charge in [-0.05, 0) is 0 Å². The van der Waals surface area contributed by atoms with Gasteiger partial charge in [-0.2, -0.15) is 0 Å². The van der Waals surface area contributed by atoms with E-state index in [1.165, 1.54) is 12.4 Å². The largest absolute Gasteiger partial charge is 0.382 e. The maximum absolute atomic E-state index is 11.0. The third-order valence-electron chi connectivity index (χ3n) is 3.61. The van der Waals surface area contributed by atoms with Crippen LogP contribution in [0.3, 0.4) is 0 Å². The van der Waals surface area contributed by atoms with Gasteiger partial charge in [-0.3, -0.25) is 9.13 Å². The van der Waals surface area contributed by atoms with Crippen molar-refractivity contribution in [3.05, 3.63) is 24.5 Å². The second kappa shape index (κ2) is 5.13. The van der Waals surface area contributed by atoms with Gasteiger partial charge in [0, 0.05) is 17.7 Å². The average Bonchev–Trinajstić information content (AvgIpc) is 3.01.